The fraction of sp³-hybridized carbons (Fsp3) is 0.435. The van der Waals surface area contributed by atoms with E-state index in [-0.39, 0.29) is 11.9 Å². The molecule has 3 nitrogen and oxygen atoms in total. The van der Waals surface area contributed by atoms with Crippen LogP contribution < -0.4 is 4.74 Å². The summed E-state index contributed by atoms with van der Waals surface area (Å²) in [6, 6.07) is 18.2. The van der Waals surface area contributed by atoms with Gasteiger partial charge in [-0.25, -0.2) is 0 Å². The molecule has 0 saturated carbocycles. The van der Waals surface area contributed by atoms with Crippen molar-refractivity contribution in [2.24, 2.45) is 0 Å². The van der Waals surface area contributed by atoms with Crippen LogP contribution in [0.3, 0.4) is 0 Å². The number of unbranched alkanes of at least 4 members (excludes halogenated alkanes) is 2. The molecule has 2 aromatic rings. The smallest absolute Gasteiger partial charge is 0.223 e. The van der Waals surface area contributed by atoms with Crippen LogP contribution in [-0.4, -0.2) is 17.4 Å². The van der Waals surface area contributed by atoms with Gasteiger partial charge in [0.25, 0.3) is 0 Å². The average Bonchev–Trinajstić information content (AvgIpc) is 2.68. The van der Waals surface area contributed by atoms with Gasteiger partial charge in [0, 0.05) is 18.5 Å². The van der Waals surface area contributed by atoms with E-state index in [1.54, 1.807) is 0 Å². The van der Waals surface area contributed by atoms with Crippen molar-refractivity contribution in [1.82, 2.24) is 4.90 Å². The monoisotopic (exact) mass is 351 g/mol. The van der Waals surface area contributed by atoms with Crippen molar-refractivity contribution in [1.29, 1.82) is 0 Å². The Hall–Kier alpha value is -2.29. The normalized spacial score (nSPS) is 15.7. The summed E-state index contributed by atoms with van der Waals surface area (Å²) >= 11 is 0. The molecule has 0 spiro atoms. The summed E-state index contributed by atoms with van der Waals surface area (Å²) in [5, 5.41) is 0. The molecule has 2 aromatic carbocycles. The molecule has 1 saturated heterocycles. The third-order valence-electron chi connectivity index (χ3n) is 5.07. The number of carbonyl (C=O) groups is 1. The van der Waals surface area contributed by atoms with Gasteiger partial charge in [0.05, 0.1) is 6.04 Å². The predicted octanol–water partition coefficient (Wildman–Crippen LogP) is 6.11. The highest BCUT2D eigenvalue weighted by atomic mass is 16.5. The minimum atomic E-state index is 0.106. The van der Waals surface area contributed by atoms with E-state index < -0.39 is 0 Å². The molecular formula is C23H29NO2. The predicted molar refractivity (Wildman–Crippen MR) is 105 cm³/mol. The second kappa shape index (κ2) is 9.42. The highest BCUT2D eigenvalue weighted by Gasteiger charge is 2.29. The highest BCUT2D eigenvalue weighted by molar-refractivity contribution is 5.77. The van der Waals surface area contributed by atoms with E-state index in [9.17, 15) is 4.79 Å². The molecule has 3 heteroatoms. The zero-order valence-corrected chi connectivity index (χ0v) is 15.7. The van der Waals surface area contributed by atoms with Crippen LogP contribution in [0, 0.1) is 0 Å². The maximum absolute atomic E-state index is 12.6. The molecule has 0 aromatic heterocycles. The molecule has 0 radical (unpaired) electrons. The molecule has 1 unspecified atom stereocenters. The molecule has 3 rings (SSSR count). The molecule has 1 amide bonds. The molecule has 0 bridgehead atoms. The summed E-state index contributed by atoms with van der Waals surface area (Å²) in [5.74, 6) is 1.98. The maximum Gasteiger partial charge on any atom is 0.223 e. The Morgan fingerprint density at radius 3 is 2.54 bits per heavy atom. The summed E-state index contributed by atoms with van der Waals surface area (Å²) in [6.07, 6.45) is 7.28. The van der Waals surface area contributed by atoms with Crippen LogP contribution >= 0.6 is 0 Å². The number of para-hydroxylation sites is 2. The van der Waals surface area contributed by atoms with Gasteiger partial charge in [-0.15, -0.1) is 0 Å². The summed E-state index contributed by atoms with van der Waals surface area (Å²) in [7, 11) is 0. The standard InChI is InChI=1S/C23H29NO2/c1-2-3-5-15-21(24-18-11-10-17-23(24)25)20-14-8-9-16-22(20)26-19-12-6-4-7-13-19/h4,6-9,12-14,16,21H,2-3,5,10-11,15,17-18H2,1H3. The van der Waals surface area contributed by atoms with E-state index >= 15 is 0 Å². The van der Waals surface area contributed by atoms with Gasteiger partial charge in [0.1, 0.15) is 11.5 Å². The van der Waals surface area contributed by atoms with Crippen molar-refractivity contribution in [3.63, 3.8) is 0 Å². The SMILES string of the molecule is CCCCCC(c1ccccc1Oc1ccccc1)N1CCCCC1=O. The summed E-state index contributed by atoms with van der Waals surface area (Å²) < 4.78 is 6.18. The average molecular weight is 351 g/mol. The second-order valence-corrected chi connectivity index (χ2v) is 7.01. The van der Waals surface area contributed by atoms with Gasteiger partial charge in [-0.3, -0.25) is 4.79 Å². The first kappa shape index (κ1) is 18.5. The van der Waals surface area contributed by atoms with Gasteiger partial charge in [0.2, 0.25) is 5.91 Å². The molecule has 0 aliphatic carbocycles. The molecule has 1 atom stereocenters. The maximum atomic E-state index is 12.6. The Kier molecular flexibility index (Phi) is 6.70. The van der Waals surface area contributed by atoms with Crippen LogP contribution in [0.4, 0.5) is 0 Å². The Morgan fingerprint density at radius 2 is 1.77 bits per heavy atom. The number of ether oxygens (including phenoxy) is 1. The van der Waals surface area contributed by atoms with Crippen LogP contribution in [0.1, 0.15) is 63.5 Å². The van der Waals surface area contributed by atoms with Gasteiger partial charge in [-0.1, -0.05) is 62.6 Å². The lowest BCUT2D eigenvalue weighted by atomic mass is 9.95. The van der Waals surface area contributed by atoms with Crippen LogP contribution in [-0.2, 0) is 4.79 Å². The van der Waals surface area contributed by atoms with Gasteiger partial charge < -0.3 is 9.64 Å². The number of rotatable bonds is 8. The van der Waals surface area contributed by atoms with Crippen LogP contribution in [0.15, 0.2) is 54.6 Å². The third kappa shape index (κ3) is 4.66. The van der Waals surface area contributed by atoms with Gasteiger partial charge in [-0.2, -0.15) is 0 Å². The topological polar surface area (TPSA) is 29.5 Å². The number of carbonyl (C=O) groups excluding carboxylic acids is 1. The first-order chi connectivity index (χ1) is 12.8. The van der Waals surface area contributed by atoms with Crippen molar-refractivity contribution in [2.45, 2.75) is 57.9 Å². The Bertz CT molecular complexity index is 698. The largest absolute Gasteiger partial charge is 0.457 e. The number of benzene rings is 2. The molecule has 1 heterocycles. The van der Waals surface area contributed by atoms with E-state index in [0.29, 0.717) is 6.42 Å². The first-order valence-electron chi connectivity index (χ1n) is 9.91. The Balaban J connectivity index is 1.88. The Morgan fingerprint density at radius 1 is 1.00 bits per heavy atom. The number of likely N-dealkylation sites (tertiary alicyclic amines) is 1. The van der Waals surface area contributed by atoms with E-state index in [2.05, 4.69) is 24.0 Å². The number of hydrogen-bond donors (Lipinski definition) is 0. The van der Waals surface area contributed by atoms with Crippen molar-refractivity contribution < 1.29 is 9.53 Å². The van der Waals surface area contributed by atoms with Crippen molar-refractivity contribution in [3.05, 3.63) is 60.2 Å². The first-order valence-corrected chi connectivity index (χ1v) is 9.91. The van der Waals surface area contributed by atoms with Gasteiger partial charge in [0.15, 0.2) is 0 Å². The molecule has 1 fully saturated rings. The van der Waals surface area contributed by atoms with Crippen LogP contribution in [0.2, 0.25) is 0 Å². The summed E-state index contributed by atoms with van der Waals surface area (Å²) in [6.45, 7) is 3.07. The number of nitrogens with zero attached hydrogens (tertiary/aromatic N) is 1. The quantitative estimate of drug-likeness (QED) is 0.537. The third-order valence-corrected chi connectivity index (χ3v) is 5.07. The van der Waals surface area contributed by atoms with Gasteiger partial charge in [-0.05, 0) is 37.5 Å². The molecule has 1 aliphatic rings. The second-order valence-electron chi connectivity index (χ2n) is 7.01. The van der Waals surface area contributed by atoms with E-state index in [1.807, 2.05) is 42.5 Å². The van der Waals surface area contributed by atoms with Crippen molar-refractivity contribution in [2.75, 3.05) is 6.54 Å². The molecule has 138 valence electrons. The minimum absolute atomic E-state index is 0.106. The minimum Gasteiger partial charge on any atom is -0.457 e. The lowest BCUT2D eigenvalue weighted by Crippen LogP contribution is -2.38. The van der Waals surface area contributed by atoms with Gasteiger partial charge >= 0.3 is 0 Å². The van der Waals surface area contributed by atoms with E-state index in [0.717, 1.165) is 49.3 Å². The van der Waals surface area contributed by atoms with E-state index in [4.69, 9.17) is 4.74 Å². The fourth-order valence-corrected chi connectivity index (χ4v) is 3.69. The fourth-order valence-electron chi connectivity index (χ4n) is 3.69. The number of amides is 1. The Labute approximate surface area is 157 Å². The zero-order chi connectivity index (χ0) is 18.2. The highest BCUT2D eigenvalue weighted by Crippen LogP contribution is 2.37. The van der Waals surface area contributed by atoms with Crippen molar-refractivity contribution in [3.8, 4) is 11.5 Å². The van der Waals surface area contributed by atoms with Crippen LogP contribution in [0.25, 0.3) is 0 Å². The summed E-state index contributed by atoms with van der Waals surface area (Å²) in [4.78, 5) is 14.7. The van der Waals surface area contributed by atoms with E-state index in [1.165, 1.54) is 12.8 Å². The van der Waals surface area contributed by atoms with Crippen molar-refractivity contribution >= 4 is 5.91 Å². The molecule has 26 heavy (non-hydrogen) atoms. The van der Waals surface area contributed by atoms with Crippen LogP contribution in [0.5, 0.6) is 11.5 Å². The number of hydrogen-bond acceptors (Lipinski definition) is 2. The molecule has 1 aliphatic heterocycles. The lowest BCUT2D eigenvalue weighted by Gasteiger charge is -2.36. The lowest BCUT2D eigenvalue weighted by molar-refractivity contribution is -0.136. The number of piperidine rings is 1. The zero-order valence-electron chi connectivity index (χ0n) is 15.7. The molecular weight excluding hydrogens is 322 g/mol. The molecule has 0 N–H and O–H groups in total. The summed E-state index contributed by atoms with van der Waals surface area (Å²) in [5.41, 5.74) is 1.13.